The Morgan fingerprint density at radius 1 is 1.59 bits per heavy atom. The summed E-state index contributed by atoms with van der Waals surface area (Å²) in [5, 5.41) is 9.93. The second-order valence-electron chi connectivity index (χ2n) is 6.29. The first kappa shape index (κ1) is 18.6. The van der Waals surface area contributed by atoms with E-state index in [0.717, 1.165) is 5.84 Å². The molecular formula is C16H29N3O3. The van der Waals surface area contributed by atoms with E-state index in [9.17, 15) is 9.90 Å². The molecule has 0 aromatic carbocycles. The molecule has 1 rings (SSSR count). The van der Waals surface area contributed by atoms with Crippen molar-refractivity contribution in [2.24, 2.45) is 10.9 Å². The molecule has 1 unspecified atom stereocenters. The van der Waals surface area contributed by atoms with Gasteiger partial charge >= 0.3 is 0 Å². The Morgan fingerprint density at radius 3 is 2.64 bits per heavy atom. The quantitative estimate of drug-likeness (QED) is 0.331. The molecule has 6 nitrogen and oxygen atoms in total. The van der Waals surface area contributed by atoms with E-state index in [1.54, 1.807) is 31.9 Å². The lowest BCUT2D eigenvalue weighted by atomic mass is 9.84. The van der Waals surface area contributed by atoms with Gasteiger partial charge in [0.15, 0.2) is 0 Å². The number of amidine groups is 1. The van der Waals surface area contributed by atoms with Crippen molar-refractivity contribution in [2.45, 2.75) is 39.5 Å². The summed E-state index contributed by atoms with van der Waals surface area (Å²) < 4.78 is 5.33. The van der Waals surface area contributed by atoms with Gasteiger partial charge in [-0.3, -0.25) is 9.79 Å². The van der Waals surface area contributed by atoms with Crippen LogP contribution in [0, 0.1) is 5.92 Å². The molecule has 0 aliphatic carbocycles. The largest absolute Gasteiger partial charge is 0.390 e. The van der Waals surface area contributed by atoms with E-state index in [0.29, 0.717) is 19.6 Å². The highest BCUT2D eigenvalue weighted by Gasteiger charge is 2.40. The van der Waals surface area contributed by atoms with Crippen LogP contribution in [0.1, 0.15) is 27.7 Å². The number of ether oxygens (including phenoxy) is 1. The van der Waals surface area contributed by atoms with Gasteiger partial charge in [0.25, 0.3) is 0 Å². The number of carbonyl (C=O) groups excluding carboxylic acids is 1. The molecular weight excluding hydrogens is 282 g/mol. The minimum absolute atomic E-state index is 0.0255. The summed E-state index contributed by atoms with van der Waals surface area (Å²) in [6.07, 6.45) is 1.48. The Bertz CT molecular complexity index is 423. The number of amides is 1. The summed E-state index contributed by atoms with van der Waals surface area (Å²) >= 11 is 0. The maximum Gasteiger partial charge on any atom is 0.242 e. The van der Waals surface area contributed by atoms with Gasteiger partial charge in [0.05, 0.1) is 18.0 Å². The minimum atomic E-state index is -0.738. The molecule has 22 heavy (non-hydrogen) atoms. The predicted molar refractivity (Wildman–Crippen MR) is 87.7 cm³/mol. The van der Waals surface area contributed by atoms with Crippen molar-refractivity contribution in [3.8, 4) is 0 Å². The number of aliphatic imine (C=N–C) groups is 1. The standard InChI is InChI=1S/C16H29N3O3/c1-7-8-17-12(2)19(13(3)22-6)11-15(20)18-9-14(10-18)16(4,5)21/h7,13-14,21H,1,8-11H2,2-6H3/b17-12-. The number of hydrogen-bond acceptors (Lipinski definition) is 4. The first-order valence-electron chi connectivity index (χ1n) is 7.62. The Kier molecular flexibility index (Phi) is 6.56. The van der Waals surface area contributed by atoms with Crippen molar-refractivity contribution >= 4 is 11.7 Å². The summed E-state index contributed by atoms with van der Waals surface area (Å²) in [6, 6.07) is 0. The van der Waals surface area contributed by atoms with E-state index >= 15 is 0 Å². The van der Waals surface area contributed by atoms with Gasteiger partial charge in [-0.2, -0.15) is 0 Å². The maximum absolute atomic E-state index is 12.4. The molecule has 1 N–H and O–H groups in total. The molecule has 0 bridgehead atoms. The topological polar surface area (TPSA) is 65.4 Å². The van der Waals surface area contributed by atoms with Crippen LogP contribution in [0.5, 0.6) is 0 Å². The van der Waals surface area contributed by atoms with Crippen LogP contribution >= 0.6 is 0 Å². The highest BCUT2D eigenvalue weighted by Crippen LogP contribution is 2.27. The third-order valence-corrected chi connectivity index (χ3v) is 4.18. The Morgan fingerprint density at radius 2 is 2.18 bits per heavy atom. The molecule has 0 aromatic heterocycles. The molecule has 1 aliphatic heterocycles. The SMILES string of the molecule is C=CC/N=C(/C)N(CC(=O)N1CC(C(C)(C)O)C1)C(C)OC. The predicted octanol–water partition coefficient (Wildman–Crippen LogP) is 1.11. The third kappa shape index (κ3) is 4.81. The summed E-state index contributed by atoms with van der Waals surface area (Å²) in [5.74, 6) is 0.917. The van der Waals surface area contributed by atoms with Crippen LogP contribution < -0.4 is 0 Å². The molecule has 0 aromatic rings. The van der Waals surface area contributed by atoms with Gasteiger partial charge in [0.1, 0.15) is 12.8 Å². The Hall–Kier alpha value is -1.40. The summed E-state index contributed by atoms with van der Waals surface area (Å²) in [7, 11) is 1.61. The normalized spacial score (nSPS) is 17.9. The number of aliphatic hydroxyl groups is 1. The Balaban J connectivity index is 2.63. The molecule has 0 spiro atoms. The molecule has 1 atom stereocenters. The summed E-state index contributed by atoms with van der Waals surface area (Å²) in [4.78, 5) is 20.3. The number of hydrogen-bond donors (Lipinski definition) is 1. The number of nitrogens with zero attached hydrogens (tertiary/aromatic N) is 3. The van der Waals surface area contributed by atoms with Crippen molar-refractivity contribution < 1.29 is 14.6 Å². The lowest BCUT2D eigenvalue weighted by Gasteiger charge is -2.46. The average Bonchev–Trinajstić information content (AvgIpc) is 2.37. The molecule has 1 aliphatic rings. The highest BCUT2D eigenvalue weighted by atomic mass is 16.5. The second kappa shape index (κ2) is 7.74. The smallest absolute Gasteiger partial charge is 0.242 e. The summed E-state index contributed by atoms with van der Waals surface area (Å²) in [6.45, 7) is 12.9. The van der Waals surface area contributed by atoms with Gasteiger partial charge in [0, 0.05) is 26.1 Å². The van der Waals surface area contributed by atoms with Gasteiger partial charge in [0.2, 0.25) is 5.91 Å². The van der Waals surface area contributed by atoms with Crippen LogP contribution in [0.25, 0.3) is 0 Å². The van der Waals surface area contributed by atoms with E-state index < -0.39 is 5.60 Å². The first-order valence-corrected chi connectivity index (χ1v) is 7.62. The van der Waals surface area contributed by atoms with Crippen molar-refractivity contribution in [3.05, 3.63) is 12.7 Å². The molecule has 0 radical (unpaired) electrons. The minimum Gasteiger partial charge on any atom is -0.390 e. The van der Waals surface area contributed by atoms with Crippen LogP contribution in [0.4, 0.5) is 0 Å². The zero-order chi connectivity index (χ0) is 16.9. The van der Waals surface area contributed by atoms with Crippen molar-refractivity contribution in [3.63, 3.8) is 0 Å². The molecule has 1 saturated heterocycles. The highest BCUT2D eigenvalue weighted by molar-refractivity contribution is 5.87. The fourth-order valence-corrected chi connectivity index (χ4v) is 2.30. The fourth-order valence-electron chi connectivity index (χ4n) is 2.30. The zero-order valence-electron chi connectivity index (χ0n) is 14.4. The van der Waals surface area contributed by atoms with Crippen LogP contribution in [0.2, 0.25) is 0 Å². The van der Waals surface area contributed by atoms with E-state index in [-0.39, 0.29) is 24.6 Å². The lowest BCUT2D eigenvalue weighted by Crippen LogP contribution is -2.59. The van der Waals surface area contributed by atoms with Crippen LogP contribution in [0.3, 0.4) is 0 Å². The Labute approximate surface area is 133 Å². The van der Waals surface area contributed by atoms with Crippen molar-refractivity contribution in [1.82, 2.24) is 9.80 Å². The van der Waals surface area contributed by atoms with Crippen LogP contribution in [-0.2, 0) is 9.53 Å². The lowest BCUT2D eigenvalue weighted by molar-refractivity contribution is -0.146. The molecule has 1 heterocycles. The van der Waals surface area contributed by atoms with Crippen molar-refractivity contribution in [2.75, 3.05) is 33.3 Å². The number of likely N-dealkylation sites (tertiary alicyclic amines) is 1. The summed E-state index contributed by atoms with van der Waals surface area (Å²) in [5.41, 5.74) is -0.738. The third-order valence-electron chi connectivity index (χ3n) is 4.18. The zero-order valence-corrected chi connectivity index (χ0v) is 14.4. The number of carbonyl (C=O) groups is 1. The van der Waals surface area contributed by atoms with Gasteiger partial charge in [-0.25, -0.2) is 0 Å². The van der Waals surface area contributed by atoms with Gasteiger partial charge in [-0.05, 0) is 27.7 Å². The maximum atomic E-state index is 12.4. The molecule has 1 amide bonds. The molecule has 1 fully saturated rings. The van der Waals surface area contributed by atoms with E-state index in [1.165, 1.54) is 0 Å². The van der Waals surface area contributed by atoms with Gasteiger partial charge in [-0.1, -0.05) is 6.08 Å². The fraction of sp³-hybridized carbons (Fsp3) is 0.750. The van der Waals surface area contributed by atoms with Crippen molar-refractivity contribution in [1.29, 1.82) is 0 Å². The molecule has 126 valence electrons. The van der Waals surface area contributed by atoms with E-state index in [2.05, 4.69) is 11.6 Å². The number of rotatable bonds is 7. The monoisotopic (exact) mass is 311 g/mol. The van der Waals surface area contributed by atoms with E-state index in [1.807, 2.05) is 18.7 Å². The second-order valence-corrected chi connectivity index (χ2v) is 6.29. The van der Waals surface area contributed by atoms with Gasteiger partial charge in [-0.15, -0.1) is 6.58 Å². The first-order chi connectivity index (χ1) is 10.2. The molecule has 6 heteroatoms. The van der Waals surface area contributed by atoms with E-state index in [4.69, 9.17) is 4.74 Å². The van der Waals surface area contributed by atoms with Crippen LogP contribution in [-0.4, -0.2) is 71.8 Å². The molecule has 0 saturated carbocycles. The number of methoxy groups -OCH3 is 1. The van der Waals surface area contributed by atoms with Gasteiger partial charge < -0.3 is 19.6 Å². The van der Waals surface area contributed by atoms with Crippen LogP contribution in [0.15, 0.2) is 17.6 Å². The average molecular weight is 311 g/mol.